The molecule has 0 saturated carbocycles. The summed E-state index contributed by atoms with van der Waals surface area (Å²) in [5.74, 6) is 0. The molecule has 0 spiro atoms. The lowest BCUT2D eigenvalue weighted by molar-refractivity contribution is 1.16. The summed E-state index contributed by atoms with van der Waals surface area (Å²) in [7, 11) is 0. The summed E-state index contributed by atoms with van der Waals surface area (Å²) in [6.45, 7) is 0. The summed E-state index contributed by atoms with van der Waals surface area (Å²) in [4.78, 5) is 9.18. The molecule has 5 rings (SSSR count). The molecule has 0 fully saturated rings. The summed E-state index contributed by atoms with van der Waals surface area (Å²) in [6.07, 6.45) is 1.73. The molecule has 132 valence electrons. The van der Waals surface area contributed by atoms with Gasteiger partial charge in [0.1, 0.15) is 6.07 Å². The van der Waals surface area contributed by atoms with E-state index in [2.05, 4.69) is 76.6 Å². The number of rotatable bonds is 2. The molecule has 0 amide bonds. The van der Waals surface area contributed by atoms with E-state index in [0.717, 1.165) is 22.6 Å². The van der Waals surface area contributed by atoms with Crippen LogP contribution in [0.3, 0.4) is 0 Å². The number of pyridine rings is 1. The van der Waals surface area contributed by atoms with Crippen LogP contribution in [0.4, 0.5) is 17.1 Å². The third-order valence-corrected chi connectivity index (χ3v) is 5.87. The summed E-state index contributed by atoms with van der Waals surface area (Å²) in [5, 5.41) is 9.45. The van der Waals surface area contributed by atoms with Crippen molar-refractivity contribution in [2.24, 2.45) is 0 Å². The van der Waals surface area contributed by atoms with Crippen molar-refractivity contribution in [3.8, 4) is 17.3 Å². The van der Waals surface area contributed by atoms with Gasteiger partial charge in [0.2, 0.25) is 0 Å². The largest absolute Gasteiger partial charge is 0.308 e. The van der Waals surface area contributed by atoms with Gasteiger partial charge in [0, 0.05) is 27.2 Å². The lowest BCUT2D eigenvalue weighted by atomic mass is 10.0. The first-order valence-electron chi connectivity index (χ1n) is 8.97. The lowest BCUT2D eigenvalue weighted by Gasteiger charge is -2.33. The molecule has 0 atom stereocenters. The number of hydrogen-bond acceptors (Lipinski definition) is 4. The highest BCUT2D eigenvalue weighted by Crippen LogP contribution is 2.51. The molecule has 4 aromatic rings. The number of para-hydroxylation sites is 2. The van der Waals surface area contributed by atoms with Gasteiger partial charge in [0.05, 0.1) is 22.6 Å². The number of fused-ring (bicyclic) bond motifs is 2. The van der Waals surface area contributed by atoms with Crippen LogP contribution >= 0.6 is 11.8 Å². The Kier molecular flexibility index (Phi) is 4.08. The maximum atomic E-state index is 9.45. The third-order valence-electron chi connectivity index (χ3n) is 4.74. The van der Waals surface area contributed by atoms with E-state index < -0.39 is 0 Å². The van der Waals surface area contributed by atoms with Crippen LogP contribution < -0.4 is 4.90 Å². The van der Waals surface area contributed by atoms with Gasteiger partial charge in [-0.25, -0.2) is 0 Å². The van der Waals surface area contributed by atoms with E-state index in [-0.39, 0.29) is 0 Å². The molecule has 2 heterocycles. The first-order chi connectivity index (χ1) is 13.8. The molecule has 3 nitrogen and oxygen atoms in total. The summed E-state index contributed by atoms with van der Waals surface area (Å²) in [5.41, 5.74) is 5.58. The van der Waals surface area contributed by atoms with Crippen molar-refractivity contribution >= 4 is 28.8 Å². The Morgan fingerprint density at radius 2 is 1.50 bits per heavy atom. The molecule has 3 aromatic carbocycles. The van der Waals surface area contributed by atoms with Crippen molar-refractivity contribution in [2.45, 2.75) is 9.79 Å². The van der Waals surface area contributed by atoms with Gasteiger partial charge < -0.3 is 4.90 Å². The normalized spacial score (nSPS) is 12.0. The second kappa shape index (κ2) is 6.88. The Labute approximate surface area is 167 Å². The summed E-state index contributed by atoms with van der Waals surface area (Å²) < 4.78 is 0. The van der Waals surface area contributed by atoms with E-state index in [1.165, 1.54) is 9.79 Å². The molecule has 1 aromatic heterocycles. The molecule has 4 heteroatoms. The van der Waals surface area contributed by atoms with Gasteiger partial charge >= 0.3 is 0 Å². The number of hydrogen-bond donors (Lipinski definition) is 0. The van der Waals surface area contributed by atoms with Crippen LogP contribution in [0.1, 0.15) is 5.56 Å². The number of nitrogens with zero attached hydrogens (tertiary/aromatic N) is 3. The quantitative estimate of drug-likeness (QED) is 0.349. The van der Waals surface area contributed by atoms with Gasteiger partial charge in [-0.1, -0.05) is 48.2 Å². The van der Waals surface area contributed by atoms with Crippen molar-refractivity contribution in [3.63, 3.8) is 0 Å². The SMILES string of the molecule is N#Cc1cccnc1-c1cccc(N2c3ccccc3Sc3ccccc32)c1. The molecule has 0 aliphatic carbocycles. The van der Waals surface area contributed by atoms with Crippen LogP contribution in [-0.2, 0) is 0 Å². The zero-order valence-electron chi connectivity index (χ0n) is 14.9. The number of aromatic nitrogens is 1. The van der Waals surface area contributed by atoms with Gasteiger partial charge in [-0.15, -0.1) is 0 Å². The second-order valence-corrected chi connectivity index (χ2v) is 7.52. The molecular formula is C24H15N3S. The molecule has 0 radical (unpaired) electrons. The molecule has 1 aliphatic heterocycles. The van der Waals surface area contributed by atoms with Gasteiger partial charge in [-0.05, 0) is 48.5 Å². The van der Waals surface area contributed by atoms with Crippen LogP contribution in [0, 0.1) is 11.3 Å². The van der Waals surface area contributed by atoms with Gasteiger partial charge in [0.15, 0.2) is 0 Å². The number of nitriles is 1. The van der Waals surface area contributed by atoms with Gasteiger partial charge in [-0.3, -0.25) is 4.98 Å². The average molecular weight is 377 g/mol. The van der Waals surface area contributed by atoms with Crippen LogP contribution in [0.5, 0.6) is 0 Å². The molecule has 28 heavy (non-hydrogen) atoms. The van der Waals surface area contributed by atoms with Crippen molar-refractivity contribution in [1.29, 1.82) is 5.26 Å². The summed E-state index contributed by atoms with van der Waals surface area (Å²) >= 11 is 1.79. The minimum Gasteiger partial charge on any atom is -0.308 e. The minimum absolute atomic E-state index is 0.578. The molecule has 1 aliphatic rings. The predicted molar refractivity (Wildman–Crippen MR) is 113 cm³/mol. The molecule has 0 N–H and O–H groups in total. The van der Waals surface area contributed by atoms with Gasteiger partial charge in [-0.2, -0.15) is 5.26 Å². The van der Waals surface area contributed by atoms with E-state index in [0.29, 0.717) is 11.3 Å². The Morgan fingerprint density at radius 1 is 0.786 bits per heavy atom. The number of benzene rings is 3. The fourth-order valence-corrected chi connectivity index (χ4v) is 4.56. The van der Waals surface area contributed by atoms with Crippen molar-refractivity contribution < 1.29 is 0 Å². The standard InChI is InChI=1S/C24H15N3S/c25-16-18-8-6-14-26-24(18)17-7-5-9-19(15-17)27-20-10-1-3-12-22(20)28-23-13-4-2-11-21(23)27/h1-15H. The Balaban J connectivity index is 1.70. The Bertz CT molecular complexity index is 1180. The van der Waals surface area contributed by atoms with E-state index in [1.807, 2.05) is 12.1 Å². The zero-order chi connectivity index (χ0) is 18.9. The Morgan fingerprint density at radius 3 is 2.21 bits per heavy atom. The molecular weight excluding hydrogens is 362 g/mol. The predicted octanol–water partition coefficient (Wildman–Crippen LogP) is 6.55. The van der Waals surface area contributed by atoms with E-state index in [4.69, 9.17) is 0 Å². The van der Waals surface area contributed by atoms with Crippen LogP contribution in [0.2, 0.25) is 0 Å². The molecule has 0 bridgehead atoms. The third kappa shape index (κ3) is 2.74. The highest BCUT2D eigenvalue weighted by Gasteiger charge is 2.24. The average Bonchev–Trinajstić information content (AvgIpc) is 2.77. The fraction of sp³-hybridized carbons (Fsp3) is 0. The fourth-order valence-electron chi connectivity index (χ4n) is 3.50. The molecule has 0 saturated heterocycles. The Hall–Kier alpha value is -3.55. The highest BCUT2D eigenvalue weighted by atomic mass is 32.2. The smallest absolute Gasteiger partial charge is 0.101 e. The van der Waals surface area contributed by atoms with Crippen molar-refractivity contribution in [2.75, 3.05) is 4.90 Å². The van der Waals surface area contributed by atoms with E-state index >= 15 is 0 Å². The second-order valence-electron chi connectivity index (χ2n) is 6.43. The van der Waals surface area contributed by atoms with Crippen molar-refractivity contribution in [1.82, 2.24) is 4.98 Å². The minimum atomic E-state index is 0.578. The zero-order valence-corrected chi connectivity index (χ0v) is 15.7. The maximum Gasteiger partial charge on any atom is 0.101 e. The van der Waals surface area contributed by atoms with Crippen LogP contribution in [-0.4, -0.2) is 4.98 Å². The van der Waals surface area contributed by atoms with Crippen molar-refractivity contribution in [3.05, 3.63) is 96.7 Å². The molecule has 0 unspecified atom stereocenters. The van der Waals surface area contributed by atoms with E-state index in [1.54, 1.807) is 30.1 Å². The van der Waals surface area contributed by atoms with Crippen LogP contribution in [0.25, 0.3) is 11.3 Å². The first-order valence-corrected chi connectivity index (χ1v) is 9.78. The van der Waals surface area contributed by atoms with Gasteiger partial charge in [0.25, 0.3) is 0 Å². The topological polar surface area (TPSA) is 39.9 Å². The maximum absolute atomic E-state index is 9.45. The van der Waals surface area contributed by atoms with Crippen LogP contribution in [0.15, 0.2) is 101 Å². The highest BCUT2D eigenvalue weighted by molar-refractivity contribution is 7.99. The monoisotopic (exact) mass is 377 g/mol. The number of anilines is 3. The van der Waals surface area contributed by atoms with E-state index in [9.17, 15) is 5.26 Å². The lowest BCUT2D eigenvalue weighted by Crippen LogP contribution is -2.14. The first kappa shape index (κ1) is 16.6. The summed E-state index contributed by atoms with van der Waals surface area (Å²) in [6, 6.07) is 30.9.